The highest BCUT2D eigenvalue weighted by Gasteiger charge is 2.47. The number of amides is 1. The number of carbonyl (C=O) groups excluding carboxylic acids is 2. The second kappa shape index (κ2) is 10.0. The number of hydrogen-bond donors (Lipinski definition) is 1. The zero-order valence-corrected chi connectivity index (χ0v) is 18.6. The zero-order valence-electron chi connectivity index (χ0n) is 18.6. The van der Waals surface area contributed by atoms with Gasteiger partial charge in [0.05, 0.1) is 6.33 Å². The minimum Gasteiger partial charge on any atom is -0.461 e. The van der Waals surface area contributed by atoms with Gasteiger partial charge in [-0.05, 0) is 19.3 Å². The van der Waals surface area contributed by atoms with Crippen LogP contribution in [0.25, 0.3) is 11.2 Å². The first kappa shape index (κ1) is 23.6. The van der Waals surface area contributed by atoms with Crippen molar-refractivity contribution in [3.63, 3.8) is 0 Å². The molecule has 0 radical (unpaired) electrons. The summed E-state index contributed by atoms with van der Waals surface area (Å²) >= 11 is 0. The lowest BCUT2D eigenvalue weighted by Crippen LogP contribution is -2.39. The minimum atomic E-state index is -1.12. The largest absolute Gasteiger partial charge is 0.461 e. The molecule has 3 atom stereocenters. The number of ether oxygens (including phenoxy) is 2. The van der Waals surface area contributed by atoms with Gasteiger partial charge >= 0.3 is 12.0 Å². The fourth-order valence-electron chi connectivity index (χ4n) is 3.65. The third-order valence-electron chi connectivity index (χ3n) is 5.56. The SMILES string of the molecule is C#C[C@]1(COC(=O)CCCC)O[C@@H](n2cnc3c(NC(=O)CCC)nc(F)nc32)C[C@@H]1C. The van der Waals surface area contributed by atoms with Gasteiger partial charge in [-0.15, -0.1) is 6.42 Å². The lowest BCUT2D eigenvalue weighted by atomic mass is 9.90. The third kappa shape index (κ3) is 4.88. The van der Waals surface area contributed by atoms with Crippen molar-refractivity contribution in [1.82, 2.24) is 19.5 Å². The van der Waals surface area contributed by atoms with E-state index in [0.717, 1.165) is 12.8 Å². The summed E-state index contributed by atoms with van der Waals surface area (Å²) in [5, 5.41) is 2.58. The maximum absolute atomic E-state index is 14.1. The second-order valence-corrected chi connectivity index (χ2v) is 7.97. The molecule has 0 unspecified atom stereocenters. The maximum Gasteiger partial charge on any atom is 0.312 e. The van der Waals surface area contributed by atoms with E-state index in [4.69, 9.17) is 15.9 Å². The molecule has 1 saturated heterocycles. The number of imidazole rings is 1. The summed E-state index contributed by atoms with van der Waals surface area (Å²) in [5.41, 5.74) is -0.696. The summed E-state index contributed by atoms with van der Waals surface area (Å²) < 4.78 is 27.2. The first-order chi connectivity index (χ1) is 15.3. The van der Waals surface area contributed by atoms with Crippen molar-refractivity contribution in [2.24, 2.45) is 5.92 Å². The first-order valence-electron chi connectivity index (χ1n) is 10.8. The van der Waals surface area contributed by atoms with Gasteiger partial charge < -0.3 is 14.8 Å². The Labute approximate surface area is 186 Å². The molecule has 1 N–H and O–H groups in total. The summed E-state index contributed by atoms with van der Waals surface area (Å²) in [6, 6.07) is 0. The Hall–Kier alpha value is -3.06. The summed E-state index contributed by atoms with van der Waals surface area (Å²) in [6.45, 7) is 5.69. The van der Waals surface area contributed by atoms with Crippen LogP contribution in [0.15, 0.2) is 6.33 Å². The predicted octanol–water partition coefficient (Wildman–Crippen LogP) is 3.36. The molecular formula is C22H28FN5O4. The van der Waals surface area contributed by atoms with Gasteiger partial charge in [-0.25, -0.2) is 4.98 Å². The number of unbranched alkanes of at least 4 members (excludes halogenated alkanes) is 1. The van der Waals surface area contributed by atoms with Crippen LogP contribution in [0.4, 0.5) is 10.2 Å². The third-order valence-corrected chi connectivity index (χ3v) is 5.56. The van der Waals surface area contributed by atoms with Crippen molar-refractivity contribution in [3.8, 4) is 12.3 Å². The van der Waals surface area contributed by atoms with Gasteiger partial charge in [-0.2, -0.15) is 14.4 Å². The summed E-state index contributed by atoms with van der Waals surface area (Å²) in [7, 11) is 0. The van der Waals surface area contributed by atoms with Gasteiger partial charge in [0.25, 0.3) is 0 Å². The molecule has 0 aliphatic carbocycles. The number of anilines is 1. The Balaban J connectivity index is 1.83. The van der Waals surface area contributed by atoms with Crippen LogP contribution in [0.1, 0.15) is 65.5 Å². The normalized spacial score (nSPS) is 22.6. The van der Waals surface area contributed by atoms with Crippen LogP contribution < -0.4 is 5.32 Å². The molecule has 1 aliphatic heterocycles. The van der Waals surface area contributed by atoms with E-state index in [1.54, 1.807) is 4.57 Å². The Morgan fingerprint density at radius 3 is 2.84 bits per heavy atom. The number of hydrogen-bond acceptors (Lipinski definition) is 7. The molecule has 1 amide bonds. The summed E-state index contributed by atoms with van der Waals surface area (Å²) in [5.74, 6) is 1.89. The van der Waals surface area contributed by atoms with E-state index < -0.39 is 17.9 Å². The molecule has 2 aromatic heterocycles. The van der Waals surface area contributed by atoms with Crippen molar-refractivity contribution in [3.05, 3.63) is 12.4 Å². The Bertz CT molecular complexity index is 1030. The topological polar surface area (TPSA) is 108 Å². The number of nitrogens with one attached hydrogen (secondary N) is 1. The van der Waals surface area contributed by atoms with Crippen molar-refractivity contribution < 1.29 is 23.5 Å². The fourth-order valence-corrected chi connectivity index (χ4v) is 3.65. The van der Waals surface area contributed by atoms with Crippen LogP contribution in [0.5, 0.6) is 0 Å². The van der Waals surface area contributed by atoms with E-state index in [1.165, 1.54) is 6.33 Å². The molecule has 1 aliphatic rings. The molecule has 172 valence electrons. The van der Waals surface area contributed by atoms with Crippen molar-refractivity contribution >= 4 is 28.9 Å². The van der Waals surface area contributed by atoms with Crippen molar-refractivity contribution in [2.75, 3.05) is 11.9 Å². The molecule has 9 nitrogen and oxygen atoms in total. The molecule has 2 aromatic rings. The van der Waals surface area contributed by atoms with Gasteiger partial charge in [0.15, 0.2) is 22.6 Å². The molecular weight excluding hydrogens is 417 g/mol. The molecule has 0 aromatic carbocycles. The molecule has 32 heavy (non-hydrogen) atoms. The number of nitrogens with zero attached hydrogens (tertiary/aromatic N) is 4. The molecule has 0 saturated carbocycles. The maximum atomic E-state index is 14.1. The van der Waals surface area contributed by atoms with E-state index in [0.29, 0.717) is 19.3 Å². The average Bonchev–Trinajstić information content (AvgIpc) is 3.32. The molecule has 3 heterocycles. The van der Waals surface area contributed by atoms with E-state index in [1.807, 2.05) is 20.8 Å². The standard InChI is InChI=1S/C22H28FN5O4/c1-5-8-10-17(30)31-12-22(7-3)14(4)11-16(32-22)28-13-24-18-19(25-15(29)9-6-2)26-21(23)27-20(18)28/h3,13-14,16H,5-6,8-12H2,1-2,4H3,(H,25,26,27,29)/t14-,16+,22+/m0/s1. The average molecular weight is 445 g/mol. The minimum absolute atomic E-state index is 0.00353. The number of esters is 1. The Kier molecular flexibility index (Phi) is 7.40. The van der Waals surface area contributed by atoms with Gasteiger partial charge in [0, 0.05) is 18.8 Å². The highest BCUT2D eigenvalue weighted by molar-refractivity contribution is 5.96. The summed E-state index contributed by atoms with van der Waals surface area (Å²) in [4.78, 5) is 35.7. The lowest BCUT2D eigenvalue weighted by Gasteiger charge is -2.27. The predicted molar refractivity (Wildman–Crippen MR) is 115 cm³/mol. The molecule has 3 rings (SSSR count). The number of halogens is 1. The Morgan fingerprint density at radius 2 is 2.16 bits per heavy atom. The second-order valence-electron chi connectivity index (χ2n) is 7.97. The Morgan fingerprint density at radius 1 is 1.38 bits per heavy atom. The monoisotopic (exact) mass is 445 g/mol. The van der Waals surface area contributed by atoms with Crippen molar-refractivity contribution in [1.29, 1.82) is 0 Å². The van der Waals surface area contributed by atoms with Gasteiger partial charge in [0.2, 0.25) is 5.91 Å². The number of rotatable bonds is 9. The van der Waals surface area contributed by atoms with Crippen LogP contribution in [-0.2, 0) is 19.1 Å². The lowest BCUT2D eigenvalue weighted by molar-refractivity contribution is -0.154. The van der Waals surface area contributed by atoms with Gasteiger partial charge in [0.1, 0.15) is 12.8 Å². The van der Waals surface area contributed by atoms with E-state index in [-0.39, 0.29) is 47.8 Å². The van der Waals surface area contributed by atoms with Crippen molar-refractivity contribution in [2.45, 2.75) is 71.1 Å². The molecule has 1 fully saturated rings. The zero-order chi connectivity index (χ0) is 23.3. The van der Waals surface area contributed by atoms with Crippen LogP contribution >= 0.6 is 0 Å². The van der Waals surface area contributed by atoms with Gasteiger partial charge in [-0.3, -0.25) is 14.2 Å². The highest BCUT2D eigenvalue weighted by Crippen LogP contribution is 2.42. The molecule has 10 heteroatoms. The first-order valence-corrected chi connectivity index (χ1v) is 10.8. The molecule has 0 bridgehead atoms. The quantitative estimate of drug-likeness (QED) is 0.358. The van der Waals surface area contributed by atoms with E-state index >= 15 is 0 Å². The number of aromatic nitrogens is 4. The summed E-state index contributed by atoms with van der Waals surface area (Å²) in [6.07, 6.45) is 8.98. The number of carbonyl (C=O) groups is 2. The van der Waals surface area contributed by atoms with Crippen LogP contribution in [0.2, 0.25) is 0 Å². The smallest absolute Gasteiger partial charge is 0.312 e. The van der Waals surface area contributed by atoms with E-state index in [2.05, 4.69) is 26.2 Å². The molecule has 0 spiro atoms. The highest BCUT2D eigenvalue weighted by atomic mass is 19.1. The number of fused-ring (bicyclic) bond motifs is 1. The van der Waals surface area contributed by atoms with E-state index in [9.17, 15) is 14.0 Å². The fraction of sp³-hybridized carbons (Fsp3) is 0.591. The van der Waals surface area contributed by atoms with Gasteiger partial charge in [-0.1, -0.05) is 33.1 Å². The van der Waals surface area contributed by atoms with Crippen LogP contribution in [0.3, 0.4) is 0 Å². The van der Waals surface area contributed by atoms with Crippen LogP contribution in [0, 0.1) is 24.3 Å². The van der Waals surface area contributed by atoms with Crippen LogP contribution in [-0.4, -0.2) is 43.6 Å². The number of terminal acetylenes is 1.